The van der Waals surface area contributed by atoms with Crippen LogP contribution in [0.1, 0.15) is 40.0 Å². The van der Waals surface area contributed by atoms with Crippen LogP contribution in [0.4, 0.5) is 0 Å². The number of hydrogen-bond donors (Lipinski definition) is 1. The zero-order valence-corrected chi connectivity index (χ0v) is 11.3. The average molecular weight is 224 g/mol. The Balaban J connectivity index is 0.000000385. The molecule has 0 aliphatic carbocycles. The van der Waals surface area contributed by atoms with Crippen molar-refractivity contribution in [2.75, 3.05) is 32.7 Å². The Hall–Kier alpha value is -0.560. The fourth-order valence-electron chi connectivity index (χ4n) is 1.52. The van der Waals surface area contributed by atoms with E-state index in [1.165, 1.54) is 52.0 Å². The van der Waals surface area contributed by atoms with Gasteiger partial charge in [-0.25, -0.2) is 0 Å². The molecule has 1 aliphatic heterocycles. The van der Waals surface area contributed by atoms with Crippen molar-refractivity contribution < 1.29 is 0 Å². The molecule has 0 unspecified atom stereocenters. The summed E-state index contributed by atoms with van der Waals surface area (Å²) in [5.74, 6) is 0. The molecule has 0 aromatic heterocycles. The van der Waals surface area contributed by atoms with Crippen LogP contribution in [0.3, 0.4) is 0 Å². The lowest BCUT2D eigenvalue weighted by molar-refractivity contribution is 0.236. The summed E-state index contributed by atoms with van der Waals surface area (Å²) in [6.45, 7) is 15.8. The standard InChI is InChI=1S/C9H20N2.C5H8/c1-2-3-4-7-11-8-5-10-6-9-11;1-4-5(2)3/h10H,2-9H2,1H3;1H2,2-3H3. The highest BCUT2D eigenvalue weighted by atomic mass is 15.2. The summed E-state index contributed by atoms with van der Waals surface area (Å²) in [6, 6.07) is 0. The fraction of sp³-hybridized carbons (Fsp3) is 0.786. The number of rotatable bonds is 4. The number of piperazine rings is 1. The highest BCUT2D eigenvalue weighted by molar-refractivity contribution is 4.87. The van der Waals surface area contributed by atoms with E-state index in [0.29, 0.717) is 0 Å². The minimum Gasteiger partial charge on any atom is -0.314 e. The Kier molecular flexibility index (Phi) is 10.6. The van der Waals surface area contributed by atoms with Crippen LogP contribution < -0.4 is 5.32 Å². The number of nitrogens with one attached hydrogen (secondary N) is 1. The molecule has 2 nitrogen and oxygen atoms in total. The van der Waals surface area contributed by atoms with Crippen molar-refractivity contribution in [3.05, 3.63) is 17.9 Å². The molecule has 2 heteroatoms. The number of hydrogen-bond acceptors (Lipinski definition) is 2. The predicted molar refractivity (Wildman–Crippen MR) is 72.8 cm³/mol. The van der Waals surface area contributed by atoms with Gasteiger partial charge >= 0.3 is 0 Å². The minimum absolute atomic E-state index is 1.14. The molecule has 94 valence electrons. The largest absolute Gasteiger partial charge is 0.314 e. The molecule has 1 N–H and O–H groups in total. The summed E-state index contributed by atoms with van der Waals surface area (Å²) in [5, 5.41) is 3.36. The van der Waals surface area contributed by atoms with Crippen molar-refractivity contribution in [1.29, 1.82) is 0 Å². The summed E-state index contributed by atoms with van der Waals surface area (Å²) in [7, 11) is 0. The fourth-order valence-corrected chi connectivity index (χ4v) is 1.52. The van der Waals surface area contributed by atoms with E-state index in [4.69, 9.17) is 0 Å². The average Bonchev–Trinajstić information content (AvgIpc) is 2.31. The molecular weight excluding hydrogens is 196 g/mol. The lowest BCUT2D eigenvalue weighted by Crippen LogP contribution is -2.43. The highest BCUT2D eigenvalue weighted by Gasteiger charge is 2.07. The summed E-state index contributed by atoms with van der Waals surface area (Å²) < 4.78 is 0. The van der Waals surface area contributed by atoms with E-state index in [1.807, 2.05) is 13.8 Å². The van der Waals surface area contributed by atoms with Gasteiger partial charge in [-0.15, -0.1) is 5.73 Å². The zero-order valence-electron chi connectivity index (χ0n) is 11.3. The molecule has 0 saturated carbocycles. The smallest absolute Gasteiger partial charge is 0.0107 e. The lowest BCUT2D eigenvalue weighted by atomic mass is 10.2. The SMILES string of the molecule is C=C=C(C)C.CCCCCN1CCNCC1. The maximum atomic E-state index is 3.40. The first-order chi connectivity index (χ1) is 7.70. The second-order valence-electron chi connectivity index (χ2n) is 4.48. The van der Waals surface area contributed by atoms with Crippen LogP contribution >= 0.6 is 0 Å². The van der Waals surface area contributed by atoms with Gasteiger partial charge < -0.3 is 10.2 Å². The first kappa shape index (κ1) is 15.4. The maximum Gasteiger partial charge on any atom is 0.0107 e. The molecule has 1 rings (SSSR count). The Labute approximate surface area is 101 Å². The second-order valence-corrected chi connectivity index (χ2v) is 4.48. The third kappa shape index (κ3) is 9.97. The van der Waals surface area contributed by atoms with Crippen molar-refractivity contribution >= 4 is 0 Å². The van der Waals surface area contributed by atoms with E-state index in [1.54, 1.807) is 0 Å². The number of nitrogens with zero attached hydrogens (tertiary/aromatic N) is 1. The number of unbranched alkanes of at least 4 members (excludes halogenated alkanes) is 2. The van der Waals surface area contributed by atoms with Gasteiger partial charge in [0.2, 0.25) is 0 Å². The van der Waals surface area contributed by atoms with Gasteiger partial charge in [0, 0.05) is 26.2 Å². The van der Waals surface area contributed by atoms with Crippen molar-refractivity contribution in [2.45, 2.75) is 40.0 Å². The van der Waals surface area contributed by atoms with Gasteiger partial charge in [0.1, 0.15) is 0 Å². The second kappa shape index (κ2) is 10.9. The molecule has 0 bridgehead atoms. The first-order valence-corrected chi connectivity index (χ1v) is 6.47. The molecule has 16 heavy (non-hydrogen) atoms. The normalized spacial score (nSPS) is 15.9. The van der Waals surface area contributed by atoms with Crippen LogP contribution in [0.15, 0.2) is 17.9 Å². The quantitative estimate of drug-likeness (QED) is 0.583. The molecule has 0 atom stereocenters. The summed E-state index contributed by atoms with van der Waals surface area (Å²) in [5.41, 5.74) is 3.84. The van der Waals surface area contributed by atoms with Crippen molar-refractivity contribution in [2.24, 2.45) is 0 Å². The van der Waals surface area contributed by atoms with Crippen LogP contribution in [0, 0.1) is 0 Å². The molecule has 0 spiro atoms. The van der Waals surface area contributed by atoms with E-state index in [-0.39, 0.29) is 0 Å². The van der Waals surface area contributed by atoms with Crippen molar-refractivity contribution in [3.8, 4) is 0 Å². The molecule has 0 amide bonds. The molecule has 1 fully saturated rings. The van der Waals surface area contributed by atoms with Gasteiger partial charge in [0.25, 0.3) is 0 Å². The van der Waals surface area contributed by atoms with Crippen LogP contribution in [0.5, 0.6) is 0 Å². The Morgan fingerprint density at radius 2 is 1.81 bits per heavy atom. The van der Waals surface area contributed by atoms with Gasteiger partial charge in [-0.1, -0.05) is 26.3 Å². The van der Waals surface area contributed by atoms with Crippen molar-refractivity contribution in [3.63, 3.8) is 0 Å². The van der Waals surface area contributed by atoms with Gasteiger partial charge in [-0.2, -0.15) is 0 Å². The molecular formula is C14H28N2. The maximum absolute atomic E-state index is 3.40. The lowest BCUT2D eigenvalue weighted by Gasteiger charge is -2.26. The monoisotopic (exact) mass is 224 g/mol. The highest BCUT2D eigenvalue weighted by Crippen LogP contribution is 1.98. The summed E-state index contributed by atoms with van der Waals surface area (Å²) >= 11 is 0. The third-order valence-corrected chi connectivity index (χ3v) is 2.64. The van der Waals surface area contributed by atoms with Crippen LogP contribution in [-0.2, 0) is 0 Å². The molecule has 1 heterocycles. The van der Waals surface area contributed by atoms with E-state index < -0.39 is 0 Å². The predicted octanol–water partition coefficient (Wildman–Crippen LogP) is 2.82. The summed E-state index contributed by atoms with van der Waals surface area (Å²) in [4.78, 5) is 2.56. The Bertz CT molecular complexity index is 195. The van der Waals surface area contributed by atoms with E-state index in [0.717, 1.165) is 5.57 Å². The molecule has 0 aromatic rings. The first-order valence-electron chi connectivity index (χ1n) is 6.47. The van der Waals surface area contributed by atoms with Crippen molar-refractivity contribution in [1.82, 2.24) is 10.2 Å². The molecule has 1 aliphatic rings. The van der Waals surface area contributed by atoms with Crippen LogP contribution in [0.25, 0.3) is 0 Å². The Morgan fingerprint density at radius 3 is 2.25 bits per heavy atom. The topological polar surface area (TPSA) is 15.3 Å². The molecule has 0 aromatic carbocycles. The van der Waals surface area contributed by atoms with E-state index in [2.05, 4.69) is 29.5 Å². The number of allylic oxidation sites excluding steroid dienone is 1. The molecule has 0 radical (unpaired) electrons. The zero-order chi connectivity index (χ0) is 12.2. The van der Waals surface area contributed by atoms with Crippen LogP contribution in [0.2, 0.25) is 0 Å². The van der Waals surface area contributed by atoms with E-state index >= 15 is 0 Å². The van der Waals surface area contributed by atoms with Gasteiger partial charge in [0.05, 0.1) is 0 Å². The van der Waals surface area contributed by atoms with Crippen LogP contribution in [-0.4, -0.2) is 37.6 Å². The minimum atomic E-state index is 1.14. The third-order valence-electron chi connectivity index (χ3n) is 2.64. The van der Waals surface area contributed by atoms with Gasteiger partial charge in [0.15, 0.2) is 0 Å². The molecule has 1 saturated heterocycles. The summed E-state index contributed by atoms with van der Waals surface area (Å²) in [6.07, 6.45) is 4.12. The van der Waals surface area contributed by atoms with Gasteiger partial charge in [-0.05, 0) is 32.4 Å². The Morgan fingerprint density at radius 1 is 1.25 bits per heavy atom. The van der Waals surface area contributed by atoms with E-state index in [9.17, 15) is 0 Å². The van der Waals surface area contributed by atoms with Gasteiger partial charge in [-0.3, -0.25) is 0 Å².